The fraction of sp³-hybridized carbons (Fsp3) is 0.533. The van der Waals surface area contributed by atoms with Gasteiger partial charge in [0.2, 0.25) is 23.2 Å². The van der Waals surface area contributed by atoms with Crippen molar-refractivity contribution in [2.75, 3.05) is 32.9 Å². The Morgan fingerprint density at radius 3 is 2.71 bits per heavy atom. The van der Waals surface area contributed by atoms with E-state index < -0.39 is 5.79 Å². The molecule has 2 aromatic rings. The highest BCUT2D eigenvalue weighted by Gasteiger charge is 2.45. The van der Waals surface area contributed by atoms with Gasteiger partial charge in [0.05, 0.1) is 40.5 Å². The van der Waals surface area contributed by atoms with E-state index in [4.69, 9.17) is 33.1 Å². The molecule has 0 saturated heterocycles. The van der Waals surface area contributed by atoms with Gasteiger partial charge in [-0.2, -0.15) is 0 Å². The summed E-state index contributed by atoms with van der Waals surface area (Å²) in [4.78, 5) is 18.3. The molecule has 42 heavy (non-hydrogen) atoms. The SMILES string of the molecule is COC(=O)CC1CC(NCc2oc(N3C=CC4C(NCc5ccc(OC)cc5OC)=NCNC43)c3c2OC(C)(C)O3)C1. The standard InChI is InChI=1S/C30H39N5O7/c1-30(2)41-25-23(15-31-19-10-17(11-19)12-24(36)39-5)40-29(26(25)42-30)35-9-8-21-27(33-16-34-28(21)35)32-14-18-6-7-20(37-3)13-22(18)38-4/h6-9,13,17,19,21,28,31,34H,10-12,14-16H2,1-5H3,(H,32,33). The Bertz CT molecular complexity index is 1380. The fourth-order valence-corrected chi connectivity index (χ4v) is 5.95. The summed E-state index contributed by atoms with van der Waals surface area (Å²) in [5.74, 6) is 4.25. The molecule has 12 nitrogen and oxygen atoms in total. The van der Waals surface area contributed by atoms with Gasteiger partial charge in [0, 0.05) is 50.7 Å². The molecular weight excluding hydrogens is 542 g/mol. The van der Waals surface area contributed by atoms with E-state index >= 15 is 0 Å². The van der Waals surface area contributed by atoms with E-state index in [2.05, 4.69) is 26.9 Å². The predicted octanol–water partition coefficient (Wildman–Crippen LogP) is 3.26. The fourth-order valence-electron chi connectivity index (χ4n) is 5.95. The number of hydrogen-bond donors (Lipinski definition) is 3. The molecule has 0 spiro atoms. The number of amidine groups is 1. The number of methoxy groups -OCH3 is 3. The molecule has 6 rings (SSSR count). The summed E-state index contributed by atoms with van der Waals surface area (Å²) in [7, 11) is 4.72. The average Bonchev–Trinajstić information content (AvgIpc) is 3.63. The molecule has 0 amide bonds. The summed E-state index contributed by atoms with van der Waals surface area (Å²) in [6.07, 6.45) is 6.31. The molecule has 3 aliphatic heterocycles. The van der Waals surface area contributed by atoms with Crippen molar-refractivity contribution in [1.82, 2.24) is 16.0 Å². The Labute approximate surface area is 245 Å². The van der Waals surface area contributed by atoms with E-state index in [0.717, 1.165) is 35.7 Å². The number of anilines is 1. The first kappa shape index (κ1) is 28.2. The van der Waals surface area contributed by atoms with Crippen LogP contribution >= 0.6 is 0 Å². The van der Waals surface area contributed by atoms with Crippen LogP contribution in [0.2, 0.25) is 0 Å². The topological polar surface area (TPSA) is 128 Å². The van der Waals surface area contributed by atoms with Crippen LogP contribution in [0.3, 0.4) is 0 Å². The monoisotopic (exact) mass is 581 g/mol. The number of carbonyl (C=O) groups excluding carboxylic acids is 1. The van der Waals surface area contributed by atoms with Gasteiger partial charge in [0.25, 0.3) is 0 Å². The summed E-state index contributed by atoms with van der Waals surface area (Å²) >= 11 is 0. The van der Waals surface area contributed by atoms with Crippen molar-refractivity contribution in [1.29, 1.82) is 0 Å². The van der Waals surface area contributed by atoms with Gasteiger partial charge < -0.3 is 38.7 Å². The second kappa shape index (κ2) is 11.4. The van der Waals surface area contributed by atoms with Crippen LogP contribution in [0.25, 0.3) is 0 Å². The van der Waals surface area contributed by atoms with Crippen LogP contribution in [0.15, 0.2) is 39.9 Å². The van der Waals surface area contributed by atoms with E-state index in [0.29, 0.717) is 61.3 Å². The lowest BCUT2D eigenvalue weighted by molar-refractivity contribution is -0.142. The average molecular weight is 582 g/mol. The van der Waals surface area contributed by atoms with Gasteiger partial charge >= 0.3 is 5.97 Å². The maximum Gasteiger partial charge on any atom is 0.305 e. The minimum absolute atomic E-state index is 0.0256. The number of fused-ring (bicyclic) bond motifs is 2. The molecule has 1 aromatic heterocycles. The summed E-state index contributed by atoms with van der Waals surface area (Å²) < 4.78 is 34.5. The maximum atomic E-state index is 11.6. The molecule has 0 radical (unpaired) electrons. The van der Waals surface area contributed by atoms with Gasteiger partial charge in [-0.3, -0.25) is 20.0 Å². The van der Waals surface area contributed by atoms with Crippen LogP contribution < -0.4 is 39.8 Å². The first-order chi connectivity index (χ1) is 20.3. The number of rotatable bonds is 10. The minimum Gasteiger partial charge on any atom is -0.497 e. The van der Waals surface area contributed by atoms with Gasteiger partial charge in [0.1, 0.15) is 23.5 Å². The maximum absolute atomic E-state index is 11.6. The summed E-state index contributed by atoms with van der Waals surface area (Å²) in [6.45, 7) is 5.29. The van der Waals surface area contributed by atoms with Gasteiger partial charge in [-0.25, -0.2) is 0 Å². The van der Waals surface area contributed by atoms with Crippen molar-refractivity contribution >= 4 is 17.7 Å². The zero-order chi connectivity index (χ0) is 29.4. The van der Waals surface area contributed by atoms with Crippen molar-refractivity contribution in [2.45, 2.75) is 64.2 Å². The molecule has 1 saturated carbocycles. The summed E-state index contributed by atoms with van der Waals surface area (Å²) in [5.41, 5.74) is 1.01. The van der Waals surface area contributed by atoms with Crippen LogP contribution in [0.5, 0.6) is 23.0 Å². The third kappa shape index (κ3) is 5.48. The van der Waals surface area contributed by atoms with Gasteiger partial charge in [-0.15, -0.1) is 0 Å². The van der Waals surface area contributed by atoms with E-state index in [1.807, 2.05) is 38.2 Å². The number of furan rings is 1. The van der Waals surface area contributed by atoms with Crippen LogP contribution in [-0.4, -0.2) is 57.8 Å². The number of ether oxygens (including phenoxy) is 5. The second-order valence-electron chi connectivity index (χ2n) is 11.4. The largest absolute Gasteiger partial charge is 0.497 e. The number of hydrogen-bond acceptors (Lipinski definition) is 12. The molecule has 226 valence electrons. The number of benzene rings is 1. The molecule has 1 aromatic carbocycles. The Kier molecular flexibility index (Phi) is 7.67. The Hall–Kier alpha value is -3.90. The van der Waals surface area contributed by atoms with Crippen molar-refractivity contribution in [2.24, 2.45) is 16.8 Å². The Balaban J connectivity index is 1.13. The highest BCUT2D eigenvalue weighted by Crippen LogP contribution is 2.52. The second-order valence-corrected chi connectivity index (χ2v) is 11.4. The third-order valence-electron chi connectivity index (χ3n) is 8.19. The molecule has 4 heterocycles. The molecule has 4 aliphatic rings. The molecular formula is C30H39N5O7. The minimum atomic E-state index is -0.804. The quantitative estimate of drug-likeness (QED) is 0.358. The summed E-state index contributed by atoms with van der Waals surface area (Å²) in [5, 5.41) is 10.6. The highest BCUT2D eigenvalue weighted by atomic mass is 16.7. The van der Waals surface area contributed by atoms with Crippen LogP contribution in [-0.2, 0) is 22.6 Å². The van der Waals surface area contributed by atoms with Gasteiger partial charge in [-0.05, 0) is 30.9 Å². The van der Waals surface area contributed by atoms with E-state index in [-0.39, 0.29) is 18.1 Å². The number of esters is 1. The lowest BCUT2D eigenvalue weighted by Crippen LogP contribution is -2.52. The number of nitrogens with one attached hydrogen (secondary N) is 3. The van der Waals surface area contributed by atoms with Crippen LogP contribution in [0.4, 0.5) is 5.88 Å². The molecule has 1 fully saturated rings. The van der Waals surface area contributed by atoms with Crippen molar-refractivity contribution in [3.05, 3.63) is 41.8 Å². The molecule has 12 heteroatoms. The van der Waals surface area contributed by atoms with Gasteiger partial charge in [-0.1, -0.05) is 6.08 Å². The van der Waals surface area contributed by atoms with Crippen molar-refractivity contribution < 1.29 is 32.9 Å². The predicted molar refractivity (Wildman–Crippen MR) is 155 cm³/mol. The first-order valence-electron chi connectivity index (χ1n) is 14.3. The van der Waals surface area contributed by atoms with E-state index in [9.17, 15) is 4.79 Å². The van der Waals surface area contributed by atoms with Crippen LogP contribution in [0, 0.1) is 11.8 Å². The highest BCUT2D eigenvalue weighted by molar-refractivity contribution is 5.89. The van der Waals surface area contributed by atoms with E-state index in [1.54, 1.807) is 14.2 Å². The first-order valence-corrected chi connectivity index (χ1v) is 14.3. The lowest BCUT2D eigenvalue weighted by Gasteiger charge is -2.35. The normalized spacial score (nSPS) is 25.0. The van der Waals surface area contributed by atoms with Crippen molar-refractivity contribution in [3.63, 3.8) is 0 Å². The molecule has 0 bridgehead atoms. The number of nitrogens with zero attached hydrogens (tertiary/aromatic N) is 2. The zero-order valence-corrected chi connectivity index (χ0v) is 24.7. The number of carbonyl (C=O) groups is 1. The number of aliphatic imine (C=N–C) groups is 1. The molecule has 3 N–H and O–H groups in total. The van der Waals surface area contributed by atoms with Gasteiger partial charge in [0.15, 0.2) is 5.76 Å². The third-order valence-corrected chi connectivity index (χ3v) is 8.19. The molecule has 2 atom stereocenters. The summed E-state index contributed by atoms with van der Waals surface area (Å²) in [6, 6.07) is 6.09. The lowest BCUT2D eigenvalue weighted by atomic mass is 9.78. The Morgan fingerprint density at radius 1 is 1.14 bits per heavy atom. The zero-order valence-electron chi connectivity index (χ0n) is 24.7. The van der Waals surface area contributed by atoms with E-state index in [1.165, 1.54) is 7.11 Å². The van der Waals surface area contributed by atoms with Crippen LogP contribution in [0.1, 0.15) is 44.4 Å². The smallest absolute Gasteiger partial charge is 0.305 e. The Morgan fingerprint density at radius 2 is 1.95 bits per heavy atom. The van der Waals surface area contributed by atoms with Crippen molar-refractivity contribution in [3.8, 4) is 23.0 Å². The molecule has 2 unspecified atom stereocenters. The molecule has 1 aliphatic carbocycles.